The maximum atomic E-state index is 16.3. The van der Waals surface area contributed by atoms with Gasteiger partial charge in [0, 0.05) is 66.1 Å². The first-order valence-corrected chi connectivity index (χ1v) is 24.0. The number of likely N-dealkylation sites (tertiary alicyclic amines) is 1. The number of hydrogen-bond donors (Lipinski definition) is 1. The van der Waals surface area contributed by atoms with Crippen LogP contribution in [0.15, 0.2) is 42.7 Å². The van der Waals surface area contributed by atoms with Gasteiger partial charge in [-0.2, -0.15) is 8.78 Å². The first-order chi connectivity index (χ1) is 27.8. The van der Waals surface area contributed by atoms with E-state index in [1.54, 1.807) is 28.3 Å². The Bertz CT molecular complexity index is 1990. The number of carbonyl (C=O) groups is 5. The second-order valence-corrected chi connectivity index (χ2v) is 20.0. The van der Waals surface area contributed by atoms with Crippen molar-refractivity contribution in [1.82, 2.24) is 25.1 Å². The molecular weight excluding hydrogens is 832 g/mol. The number of carbonyl (C=O) groups excluding carboxylic acids is 5. The summed E-state index contributed by atoms with van der Waals surface area (Å²) in [6.45, 7) is 3.76. The van der Waals surface area contributed by atoms with Crippen LogP contribution in [-0.4, -0.2) is 104 Å². The van der Waals surface area contributed by atoms with E-state index in [0.29, 0.717) is 81.4 Å². The summed E-state index contributed by atoms with van der Waals surface area (Å²) in [4.78, 5) is 77.4. The molecule has 6 rings (SSSR count). The number of amides is 3. The lowest BCUT2D eigenvalue weighted by Crippen LogP contribution is -2.58. The first-order valence-electron chi connectivity index (χ1n) is 19.7. The van der Waals surface area contributed by atoms with E-state index >= 15 is 8.78 Å². The largest absolute Gasteiger partial charge is 0.404 e. The molecule has 3 amide bonds. The number of nitrogens with zero attached hydrogens (tertiary/aromatic N) is 4. The molecule has 3 aromatic rings. The number of alkyl halides is 2. The summed E-state index contributed by atoms with van der Waals surface area (Å²) in [7, 11) is -5.20. The number of halogens is 2. The predicted octanol–water partition coefficient (Wildman–Crippen LogP) is 7.35. The first kappa shape index (κ1) is 44.3. The molecule has 0 bridgehead atoms. The Morgan fingerprint density at radius 3 is 2.24 bits per heavy atom. The van der Waals surface area contributed by atoms with Gasteiger partial charge in [0.05, 0.1) is 24.0 Å². The highest BCUT2D eigenvalue weighted by Crippen LogP contribution is 2.67. The number of thioether (sulfide) groups is 2. The molecule has 3 atom stereocenters. The molecule has 19 heteroatoms. The van der Waals surface area contributed by atoms with Crippen LogP contribution < -0.4 is 5.32 Å². The van der Waals surface area contributed by atoms with Crippen LogP contribution in [0.25, 0.3) is 10.1 Å². The summed E-state index contributed by atoms with van der Waals surface area (Å²) in [5, 5.41) is 2.86. The van der Waals surface area contributed by atoms with Crippen molar-refractivity contribution in [3.63, 3.8) is 0 Å². The van der Waals surface area contributed by atoms with Gasteiger partial charge in [0.1, 0.15) is 17.9 Å². The van der Waals surface area contributed by atoms with E-state index in [1.165, 1.54) is 12.1 Å². The Hall–Kier alpha value is -3.28. The Labute approximate surface area is 348 Å². The normalized spacial score (nSPS) is 20.1. The van der Waals surface area contributed by atoms with Crippen molar-refractivity contribution in [1.29, 1.82) is 0 Å². The van der Waals surface area contributed by atoms with Gasteiger partial charge >= 0.3 is 13.3 Å². The van der Waals surface area contributed by atoms with Gasteiger partial charge in [-0.3, -0.25) is 28.5 Å². The number of aromatic nitrogens is 2. The van der Waals surface area contributed by atoms with Gasteiger partial charge < -0.3 is 24.2 Å². The number of hydrogen-bond acceptors (Lipinski definition) is 13. The molecule has 0 saturated carbocycles. The molecule has 3 aliphatic rings. The highest BCUT2D eigenvalue weighted by Gasteiger charge is 2.55. The predicted molar refractivity (Wildman–Crippen MR) is 220 cm³/mol. The Morgan fingerprint density at radius 2 is 1.60 bits per heavy atom. The maximum Gasteiger partial charge on any atom is 0.404 e. The smallest absolute Gasteiger partial charge is 0.340 e. The van der Waals surface area contributed by atoms with Crippen molar-refractivity contribution in [2.24, 2.45) is 0 Å². The number of fused-ring (bicyclic) bond motifs is 2. The van der Waals surface area contributed by atoms with Crippen LogP contribution in [0.4, 0.5) is 8.78 Å². The van der Waals surface area contributed by atoms with Crippen LogP contribution in [0.5, 0.6) is 0 Å². The van der Waals surface area contributed by atoms with Crippen LogP contribution in [-0.2, 0) is 38.5 Å². The molecule has 5 heterocycles. The average Bonchev–Trinajstić information content (AvgIpc) is 3.78. The lowest BCUT2D eigenvalue weighted by atomic mass is 9.97. The fraction of sp³-hybridized carbons (Fsp3) is 0.564. The molecule has 3 aliphatic heterocycles. The Kier molecular flexibility index (Phi) is 15.2. The lowest BCUT2D eigenvalue weighted by molar-refractivity contribution is -0.148. The molecule has 58 heavy (non-hydrogen) atoms. The zero-order valence-corrected chi connectivity index (χ0v) is 35.8. The zero-order chi connectivity index (χ0) is 41.5. The molecule has 3 saturated heterocycles. The molecule has 0 radical (unpaired) electrons. The van der Waals surface area contributed by atoms with Crippen LogP contribution >= 0.6 is 42.5 Å². The molecule has 3 fully saturated rings. The summed E-state index contributed by atoms with van der Waals surface area (Å²) >= 11 is 2.86. The molecule has 0 spiro atoms. The molecule has 13 nitrogen and oxygen atoms in total. The van der Waals surface area contributed by atoms with E-state index in [2.05, 4.69) is 15.3 Å². The minimum absolute atomic E-state index is 0.00360. The highest BCUT2D eigenvalue weighted by molar-refractivity contribution is 8.13. The third kappa shape index (κ3) is 10.2. The van der Waals surface area contributed by atoms with E-state index in [1.807, 2.05) is 13.8 Å². The lowest BCUT2D eigenvalue weighted by Gasteiger charge is -2.41. The van der Waals surface area contributed by atoms with Gasteiger partial charge in [0.15, 0.2) is 10.2 Å². The van der Waals surface area contributed by atoms with Crippen LogP contribution in [0.1, 0.15) is 98.6 Å². The van der Waals surface area contributed by atoms with Gasteiger partial charge in [0.2, 0.25) is 11.8 Å². The highest BCUT2D eigenvalue weighted by atomic mass is 32.2. The fourth-order valence-corrected chi connectivity index (χ4v) is 11.6. The fourth-order valence-electron chi connectivity index (χ4n) is 7.40. The second-order valence-electron chi connectivity index (χ2n) is 14.5. The van der Waals surface area contributed by atoms with Gasteiger partial charge in [0.25, 0.3) is 5.91 Å². The average molecular weight is 880 g/mol. The molecule has 314 valence electrons. The van der Waals surface area contributed by atoms with Gasteiger partial charge in [-0.1, -0.05) is 43.4 Å². The molecule has 0 unspecified atom stereocenters. The van der Waals surface area contributed by atoms with E-state index in [9.17, 15) is 28.5 Å². The number of benzene rings is 1. The summed E-state index contributed by atoms with van der Waals surface area (Å²) in [5.41, 5.74) is -4.78. The van der Waals surface area contributed by atoms with E-state index < -0.39 is 50.0 Å². The number of rotatable bonds is 18. The summed E-state index contributed by atoms with van der Waals surface area (Å²) in [6.07, 6.45) is 8.23. The minimum Gasteiger partial charge on any atom is -0.340 e. The SMILES string of the molecule is CCCC(=O)SCCOP(=O)(OCCSC(=O)CCC)C(F)(F)c1ccc2sc(C(=O)N[C@H]3CCC[C@H]4CC[C@@H](C(=O)N5CC(c6ncccn6)C5)N4C3=O)cc2c1. The topological polar surface area (TPSA) is 165 Å². The van der Waals surface area contributed by atoms with Crippen molar-refractivity contribution in [3.8, 4) is 0 Å². The van der Waals surface area contributed by atoms with Gasteiger partial charge in [-0.05, 0) is 74.6 Å². The second kappa shape index (κ2) is 19.9. The van der Waals surface area contributed by atoms with Crippen molar-refractivity contribution < 1.29 is 46.4 Å². The Balaban J connectivity index is 1.12. The van der Waals surface area contributed by atoms with Gasteiger partial charge in [-0.25, -0.2) is 9.97 Å². The molecule has 0 aliphatic carbocycles. The van der Waals surface area contributed by atoms with Crippen molar-refractivity contribution >= 4 is 80.5 Å². The molecule has 2 aromatic heterocycles. The maximum absolute atomic E-state index is 16.3. The molecule has 1 N–H and O–H groups in total. The summed E-state index contributed by atoms with van der Waals surface area (Å²) < 4.78 is 57.5. The van der Waals surface area contributed by atoms with E-state index in [-0.39, 0.29) is 55.8 Å². The monoisotopic (exact) mass is 879 g/mol. The quantitative estimate of drug-likeness (QED) is 0.0999. The third-order valence-electron chi connectivity index (χ3n) is 10.4. The van der Waals surface area contributed by atoms with Gasteiger partial charge in [-0.15, -0.1) is 11.3 Å². The summed E-state index contributed by atoms with van der Waals surface area (Å²) in [6, 6.07) is 5.22. The third-order valence-corrected chi connectivity index (χ3v) is 15.3. The standard InChI is InChI=1S/C39H48F2N5O8PS3/c1-3-7-33(47)56-19-17-53-55(52,54-18-20-57-34(48)8-4-2)39(40,41)27-11-14-31-25(21-27)22-32(58-31)36(49)44-29-10-5-9-28-12-13-30(46(28)37(29)50)38(51)45-23-26(24-45)35-42-15-6-16-43-35/h6,11,14-16,21-22,26,28-30H,3-5,7-10,12-13,17-20,23-24H2,1-2H3,(H,44,49)/t28-,29-,30-/m0/s1. The summed E-state index contributed by atoms with van der Waals surface area (Å²) in [5.74, 6) is -0.261. The van der Waals surface area contributed by atoms with Crippen molar-refractivity contribution in [3.05, 3.63) is 59.0 Å². The number of thiophene rings is 1. The zero-order valence-electron chi connectivity index (χ0n) is 32.4. The van der Waals surface area contributed by atoms with Crippen LogP contribution in [0.2, 0.25) is 0 Å². The van der Waals surface area contributed by atoms with E-state index in [0.717, 1.165) is 47.0 Å². The van der Waals surface area contributed by atoms with E-state index in [4.69, 9.17) is 9.05 Å². The van der Waals surface area contributed by atoms with Crippen molar-refractivity contribution in [2.45, 2.75) is 101 Å². The number of nitrogens with one attached hydrogen (secondary N) is 1. The molecule has 1 aromatic carbocycles. The van der Waals surface area contributed by atoms with Crippen LogP contribution in [0.3, 0.4) is 0 Å². The van der Waals surface area contributed by atoms with Crippen LogP contribution in [0, 0.1) is 0 Å². The van der Waals surface area contributed by atoms with Crippen molar-refractivity contribution in [2.75, 3.05) is 37.8 Å². The Morgan fingerprint density at radius 1 is 0.948 bits per heavy atom. The molecular formula is C39H48F2N5O8PS3. The minimum atomic E-state index is -5.20.